The molecule has 6 heteroatoms. The van der Waals surface area contributed by atoms with Crippen molar-refractivity contribution in [3.8, 4) is 0 Å². The first-order valence-corrected chi connectivity index (χ1v) is 8.62. The molecule has 2 atom stereocenters. The molecule has 0 aromatic heterocycles. The van der Waals surface area contributed by atoms with Gasteiger partial charge in [0.15, 0.2) is 5.78 Å². The molecule has 2 aliphatic rings. The third-order valence-electron chi connectivity index (χ3n) is 4.61. The molecular weight excluding hydrogens is 329 g/mol. The highest BCUT2D eigenvalue weighted by atomic mass is 32.1. The fourth-order valence-corrected chi connectivity index (χ4v) is 3.48. The number of thiol groups is 1. The summed E-state index contributed by atoms with van der Waals surface area (Å²) in [5.41, 5.74) is 1.47. The number of piperidine rings is 1. The van der Waals surface area contributed by atoms with Crippen molar-refractivity contribution in [1.29, 1.82) is 0 Å². The number of ketones is 1. The number of hydrogen-bond donors (Lipinski definition) is 2. The summed E-state index contributed by atoms with van der Waals surface area (Å²) in [5, 5.41) is 8.92. The molecule has 1 aromatic rings. The summed E-state index contributed by atoms with van der Waals surface area (Å²) in [4.78, 5) is 25.8. The molecule has 1 N–H and O–H groups in total. The number of benzene rings is 1. The van der Waals surface area contributed by atoms with Crippen molar-refractivity contribution in [2.75, 3.05) is 13.1 Å². The van der Waals surface area contributed by atoms with Crippen LogP contribution in [0.5, 0.6) is 0 Å². The zero-order chi connectivity index (χ0) is 17.3. The lowest BCUT2D eigenvalue weighted by Crippen LogP contribution is -2.42. The normalized spacial score (nSPS) is 24.8. The first-order chi connectivity index (χ1) is 11.5. The van der Waals surface area contributed by atoms with Crippen molar-refractivity contribution < 1.29 is 19.1 Å². The van der Waals surface area contributed by atoms with E-state index in [1.807, 2.05) is 4.90 Å². The lowest BCUT2D eigenvalue weighted by molar-refractivity contribution is -0.131. The molecule has 4 nitrogen and oxygen atoms in total. The monoisotopic (exact) mass is 349 g/mol. The largest absolute Gasteiger partial charge is 0.478 e. The zero-order valence-electron chi connectivity index (χ0n) is 13.2. The Morgan fingerprint density at radius 1 is 1.25 bits per heavy atom. The van der Waals surface area contributed by atoms with Gasteiger partial charge in [-0.2, -0.15) is 12.6 Å². The second-order valence-electron chi connectivity index (χ2n) is 6.46. The van der Waals surface area contributed by atoms with Gasteiger partial charge in [-0.1, -0.05) is 12.1 Å². The summed E-state index contributed by atoms with van der Waals surface area (Å²) in [5.74, 6) is -1.12. The zero-order valence-corrected chi connectivity index (χ0v) is 14.1. The van der Waals surface area contributed by atoms with Crippen LogP contribution in [0, 0.1) is 11.7 Å². The van der Waals surface area contributed by atoms with Crippen molar-refractivity contribution in [1.82, 2.24) is 4.90 Å². The Labute approximate surface area is 145 Å². The molecule has 128 valence electrons. The minimum Gasteiger partial charge on any atom is -0.478 e. The Balaban J connectivity index is 1.89. The van der Waals surface area contributed by atoms with Crippen molar-refractivity contribution in [3.05, 3.63) is 47.3 Å². The molecule has 2 fully saturated rings. The van der Waals surface area contributed by atoms with Gasteiger partial charge in [-0.05, 0) is 42.5 Å². The lowest BCUT2D eigenvalue weighted by Gasteiger charge is -2.37. The molecule has 0 amide bonds. The fraction of sp³-hybridized carbons (Fsp3) is 0.444. The summed E-state index contributed by atoms with van der Waals surface area (Å²) in [6.07, 6.45) is 3.67. The molecule has 0 spiro atoms. The molecule has 1 aromatic carbocycles. The van der Waals surface area contributed by atoms with Gasteiger partial charge in [0.1, 0.15) is 5.82 Å². The minimum absolute atomic E-state index is 0.0701. The second-order valence-corrected chi connectivity index (χ2v) is 7.09. The van der Waals surface area contributed by atoms with Gasteiger partial charge in [-0.15, -0.1) is 0 Å². The van der Waals surface area contributed by atoms with Crippen LogP contribution in [0.25, 0.3) is 0 Å². The number of halogens is 1. The quantitative estimate of drug-likeness (QED) is 0.634. The van der Waals surface area contributed by atoms with E-state index < -0.39 is 12.0 Å². The fourth-order valence-electron chi connectivity index (χ4n) is 3.20. The average Bonchev–Trinajstić information content (AvgIpc) is 3.37. The van der Waals surface area contributed by atoms with Gasteiger partial charge < -0.3 is 5.11 Å². The van der Waals surface area contributed by atoms with E-state index in [2.05, 4.69) is 12.6 Å². The van der Waals surface area contributed by atoms with E-state index in [4.69, 9.17) is 5.11 Å². The maximum absolute atomic E-state index is 13.2. The number of carbonyl (C=O) groups excluding carboxylic acids is 1. The maximum atomic E-state index is 13.2. The number of aliphatic carboxylic acids is 1. The van der Waals surface area contributed by atoms with Crippen LogP contribution < -0.4 is 0 Å². The van der Waals surface area contributed by atoms with Crippen LogP contribution in [0.15, 0.2) is 35.9 Å². The van der Waals surface area contributed by atoms with E-state index in [1.165, 1.54) is 18.2 Å². The Bertz CT molecular complexity index is 669. The Morgan fingerprint density at radius 2 is 1.92 bits per heavy atom. The third kappa shape index (κ3) is 3.87. The number of hydrogen-bond acceptors (Lipinski definition) is 4. The molecule has 1 saturated carbocycles. The summed E-state index contributed by atoms with van der Waals surface area (Å²) < 4.78 is 13.2. The SMILES string of the molecule is O=C(O)/C=C1/CN([C@@H](C(=O)C2CC2)c2ccc(F)cc2)CC[C@@H]1S. The topological polar surface area (TPSA) is 57.6 Å². The third-order valence-corrected chi connectivity index (χ3v) is 5.20. The highest BCUT2D eigenvalue weighted by Crippen LogP contribution is 2.38. The van der Waals surface area contributed by atoms with Crippen molar-refractivity contribution >= 4 is 24.4 Å². The van der Waals surface area contributed by atoms with E-state index in [1.54, 1.807) is 12.1 Å². The average molecular weight is 349 g/mol. The van der Waals surface area contributed by atoms with Crippen molar-refractivity contribution in [3.63, 3.8) is 0 Å². The van der Waals surface area contributed by atoms with Gasteiger partial charge >= 0.3 is 5.97 Å². The smallest absolute Gasteiger partial charge is 0.328 e. The molecule has 24 heavy (non-hydrogen) atoms. The number of Topliss-reactive ketones (excluding diaryl/α,β-unsaturated/α-hetero) is 1. The Morgan fingerprint density at radius 3 is 2.50 bits per heavy atom. The van der Waals surface area contributed by atoms with E-state index in [9.17, 15) is 14.0 Å². The number of rotatable bonds is 5. The molecule has 1 heterocycles. The van der Waals surface area contributed by atoms with E-state index in [-0.39, 0.29) is 22.8 Å². The van der Waals surface area contributed by atoms with Crippen LogP contribution in [-0.4, -0.2) is 40.1 Å². The van der Waals surface area contributed by atoms with Gasteiger partial charge in [0, 0.05) is 30.3 Å². The summed E-state index contributed by atoms with van der Waals surface area (Å²) >= 11 is 4.45. The number of likely N-dealkylation sites (tertiary alicyclic amines) is 1. The molecular formula is C18H20FNO3S. The molecule has 0 bridgehead atoms. The van der Waals surface area contributed by atoms with Crippen LogP contribution in [0.2, 0.25) is 0 Å². The van der Waals surface area contributed by atoms with Gasteiger partial charge in [0.2, 0.25) is 0 Å². The van der Waals surface area contributed by atoms with E-state index >= 15 is 0 Å². The molecule has 1 aliphatic heterocycles. The highest BCUT2D eigenvalue weighted by Gasteiger charge is 2.39. The Kier molecular flexibility index (Phi) is 5.06. The first kappa shape index (κ1) is 17.2. The number of carbonyl (C=O) groups is 2. The van der Waals surface area contributed by atoms with Crippen LogP contribution in [0.4, 0.5) is 4.39 Å². The maximum Gasteiger partial charge on any atom is 0.328 e. The number of carboxylic acid groups (broad SMARTS) is 1. The summed E-state index contributed by atoms with van der Waals surface area (Å²) in [7, 11) is 0. The molecule has 3 rings (SSSR count). The van der Waals surface area contributed by atoms with Gasteiger partial charge in [-0.3, -0.25) is 9.69 Å². The predicted octanol–water partition coefficient (Wildman–Crippen LogP) is 2.86. The number of carboxylic acids is 1. The van der Waals surface area contributed by atoms with Crippen molar-refractivity contribution in [2.24, 2.45) is 5.92 Å². The van der Waals surface area contributed by atoms with Crippen LogP contribution in [-0.2, 0) is 9.59 Å². The number of nitrogens with zero attached hydrogens (tertiary/aromatic N) is 1. The van der Waals surface area contributed by atoms with E-state index in [0.29, 0.717) is 25.1 Å². The van der Waals surface area contributed by atoms with Gasteiger partial charge in [-0.25, -0.2) is 9.18 Å². The van der Waals surface area contributed by atoms with Gasteiger partial charge in [0.05, 0.1) is 6.04 Å². The summed E-state index contributed by atoms with van der Waals surface area (Å²) in [6.45, 7) is 1.05. The lowest BCUT2D eigenvalue weighted by atomic mass is 9.94. The molecule has 1 saturated heterocycles. The summed E-state index contributed by atoms with van der Waals surface area (Å²) in [6, 6.07) is 5.57. The highest BCUT2D eigenvalue weighted by molar-refractivity contribution is 7.81. The minimum atomic E-state index is -1.00. The van der Waals surface area contributed by atoms with Crippen LogP contribution in [0.1, 0.15) is 30.9 Å². The predicted molar refractivity (Wildman–Crippen MR) is 91.6 cm³/mol. The standard InChI is InChI=1S/C18H20FNO3S/c19-14-5-3-11(4-6-14)17(18(23)12-1-2-12)20-8-7-15(24)13(10-20)9-16(21)22/h3-6,9,12,15,17,24H,1-2,7-8,10H2,(H,21,22)/b13-9-/t15-,17+/m0/s1. The first-order valence-electron chi connectivity index (χ1n) is 8.10. The van der Waals surface area contributed by atoms with Gasteiger partial charge in [0.25, 0.3) is 0 Å². The second kappa shape index (κ2) is 7.07. The molecule has 0 unspecified atom stereocenters. The van der Waals surface area contributed by atoms with Crippen molar-refractivity contribution in [2.45, 2.75) is 30.6 Å². The van der Waals surface area contributed by atoms with Crippen LogP contribution >= 0.6 is 12.6 Å². The van der Waals surface area contributed by atoms with E-state index in [0.717, 1.165) is 18.4 Å². The van der Waals surface area contributed by atoms with Crippen LogP contribution in [0.3, 0.4) is 0 Å². The Hall–Kier alpha value is -1.66. The molecule has 1 aliphatic carbocycles. The molecule has 0 radical (unpaired) electrons.